The van der Waals surface area contributed by atoms with Crippen molar-refractivity contribution in [1.82, 2.24) is 4.98 Å². The van der Waals surface area contributed by atoms with Gasteiger partial charge in [0.1, 0.15) is 24.2 Å². The van der Waals surface area contributed by atoms with Crippen molar-refractivity contribution in [2.75, 3.05) is 6.61 Å². The average Bonchev–Trinajstić information content (AvgIpc) is 2.67. The first-order chi connectivity index (χ1) is 13.1. The second-order valence-corrected chi connectivity index (χ2v) is 6.68. The van der Waals surface area contributed by atoms with Crippen molar-refractivity contribution in [3.05, 3.63) is 70.3 Å². The minimum absolute atomic E-state index is 0.207. The minimum atomic E-state index is -0.556. The number of Topliss-reactive ketones (excluding diaryl/α,β-unsaturated/α-hetero) is 1. The molecule has 0 fully saturated rings. The molecule has 0 aliphatic heterocycles. The van der Waals surface area contributed by atoms with Crippen LogP contribution in [-0.4, -0.2) is 23.3 Å². The average molecular weight is 428 g/mol. The van der Waals surface area contributed by atoms with Crippen LogP contribution in [0.15, 0.2) is 59.1 Å². The van der Waals surface area contributed by atoms with Gasteiger partial charge in [0, 0.05) is 5.39 Å². The summed E-state index contributed by atoms with van der Waals surface area (Å²) in [7, 11) is 0. The SMILES string of the molecule is CCOC(=O)CC(=O)c1ccc2ccc(Br)c(OCc3ccccc3)c2n1. The van der Waals surface area contributed by atoms with Crippen LogP contribution in [-0.2, 0) is 16.1 Å². The Hall–Kier alpha value is -2.73. The lowest BCUT2D eigenvalue weighted by Crippen LogP contribution is -2.12. The molecule has 1 aromatic heterocycles. The van der Waals surface area contributed by atoms with Gasteiger partial charge < -0.3 is 9.47 Å². The lowest BCUT2D eigenvalue weighted by atomic mass is 10.1. The fourth-order valence-corrected chi connectivity index (χ4v) is 3.03. The number of benzene rings is 2. The number of aromatic nitrogens is 1. The summed E-state index contributed by atoms with van der Waals surface area (Å²) in [5.74, 6) is -0.384. The van der Waals surface area contributed by atoms with Gasteiger partial charge in [-0.1, -0.05) is 42.5 Å². The van der Waals surface area contributed by atoms with Gasteiger partial charge in [0.05, 0.1) is 11.1 Å². The number of pyridine rings is 1. The molecule has 0 bridgehead atoms. The molecule has 3 rings (SSSR count). The number of ether oxygens (including phenoxy) is 2. The highest BCUT2D eigenvalue weighted by Crippen LogP contribution is 2.33. The van der Waals surface area contributed by atoms with Crippen molar-refractivity contribution in [2.24, 2.45) is 0 Å². The first-order valence-electron chi connectivity index (χ1n) is 8.53. The summed E-state index contributed by atoms with van der Waals surface area (Å²) in [6.07, 6.45) is -0.333. The third-order valence-corrected chi connectivity index (χ3v) is 4.51. The maximum atomic E-state index is 12.3. The van der Waals surface area contributed by atoms with Crippen LogP contribution < -0.4 is 4.74 Å². The number of carbonyl (C=O) groups excluding carboxylic acids is 2. The van der Waals surface area contributed by atoms with Crippen LogP contribution in [0.25, 0.3) is 10.9 Å². The van der Waals surface area contributed by atoms with Crippen molar-refractivity contribution in [1.29, 1.82) is 0 Å². The quantitative estimate of drug-likeness (QED) is 0.310. The highest BCUT2D eigenvalue weighted by Gasteiger charge is 2.16. The van der Waals surface area contributed by atoms with Crippen molar-refractivity contribution in [3.8, 4) is 5.75 Å². The fourth-order valence-electron chi connectivity index (χ4n) is 2.59. The first-order valence-corrected chi connectivity index (χ1v) is 9.32. The van der Waals surface area contributed by atoms with Gasteiger partial charge in [0.15, 0.2) is 11.5 Å². The minimum Gasteiger partial charge on any atom is -0.485 e. The Morgan fingerprint density at radius 1 is 1.04 bits per heavy atom. The molecular formula is C21H18BrNO4. The Balaban J connectivity index is 1.89. The number of hydrogen-bond acceptors (Lipinski definition) is 5. The van der Waals surface area contributed by atoms with Gasteiger partial charge in [0.2, 0.25) is 0 Å². The van der Waals surface area contributed by atoms with Crippen LogP contribution in [0.4, 0.5) is 0 Å². The normalized spacial score (nSPS) is 10.6. The predicted octanol–water partition coefficient (Wildman–Crippen LogP) is 4.71. The highest BCUT2D eigenvalue weighted by molar-refractivity contribution is 9.10. The summed E-state index contributed by atoms with van der Waals surface area (Å²) in [6.45, 7) is 2.31. The molecule has 0 N–H and O–H groups in total. The van der Waals surface area contributed by atoms with E-state index in [2.05, 4.69) is 20.9 Å². The van der Waals surface area contributed by atoms with Gasteiger partial charge in [-0.3, -0.25) is 9.59 Å². The number of carbonyl (C=O) groups is 2. The van der Waals surface area contributed by atoms with Crippen molar-refractivity contribution >= 4 is 38.6 Å². The second-order valence-electron chi connectivity index (χ2n) is 5.82. The van der Waals surface area contributed by atoms with E-state index in [0.29, 0.717) is 17.9 Å². The zero-order valence-electron chi connectivity index (χ0n) is 14.8. The van der Waals surface area contributed by atoms with Crippen molar-refractivity contribution in [3.63, 3.8) is 0 Å². The lowest BCUT2D eigenvalue weighted by molar-refractivity contribution is -0.141. The van der Waals surface area contributed by atoms with E-state index in [9.17, 15) is 9.59 Å². The topological polar surface area (TPSA) is 65.5 Å². The van der Waals surface area contributed by atoms with Crippen LogP contribution >= 0.6 is 15.9 Å². The van der Waals surface area contributed by atoms with Gasteiger partial charge in [-0.25, -0.2) is 4.98 Å². The summed E-state index contributed by atoms with van der Waals surface area (Å²) in [5.41, 5.74) is 1.80. The molecule has 0 aliphatic carbocycles. The molecule has 0 unspecified atom stereocenters. The molecule has 3 aromatic rings. The van der Waals surface area contributed by atoms with E-state index in [1.54, 1.807) is 19.1 Å². The third kappa shape index (κ3) is 4.71. The fraction of sp³-hybridized carbons (Fsp3) is 0.190. The zero-order valence-corrected chi connectivity index (χ0v) is 16.4. The maximum Gasteiger partial charge on any atom is 0.313 e. The number of halogens is 1. The van der Waals surface area contributed by atoms with E-state index in [-0.39, 0.29) is 24.5 Å². The van der Waals surface area contributed by atoms with Crippen LogP contribution in [0.2, 0.25) is 0 Å². The molecule has 0 aliphatic rings. The molecule has 138 valence electrons. The molecule has 0 spiro atoms. The lowest BCUT2D eigenvalue weighted by Gasteiger charge is -2.12. The molecule has 27 heavy (non-hydrogen) atoms. The summed E-state index contributed by atoms with van der Waals surface area (Å²) in [6, 6.07) is 17.0. The Bertz CT molecular complexity index is 973. The van der Waals surface area contributed by atoms with Gasteiger partial charge in [-0.15, -0.1) is 0 Å². The number of ketones is 1. The number of hydrogen-bond donors (Lipinski definition) is 0. The molecule has 0 radical (unpaired) electrons. The summed E-state index contributed by atoms with van der Waals surface area (Å²) in [5, 5.41) is 0.842. The number of nitrogens with zero attached hydrogens (tertiary/aromatic N) is 1. The number of esters is 1. The smallest absolute Gasteiger partial charge is 0.313 e. The molecule has 1 heterocycles. The molecule has 0 saturated heterocycles. The maximum absolute atomic E-state index is 12.3. The van der Waals surface area contributed by atoms with E-state index in [4.69, 9.17) is 9.47 Å². The number of rotatable bonds is 7. The Morgan fingerprint density at radius 3 is 2.52 bits per heavy atom. The Morgan fingerprint density at radius 2 is 1.78 bits per heavy atom. The van der Waals surface area contributed by atoms with E-state index < -0.39 is 5.97 Å². The van der Waals surface area contributed by atoms with Crippen LogP contribution in [0.5, 0.6) is 5.75 Å². The monoisotopic (exact) mass is 427 g/mol. The zero-order chi connectivity index (χ0) is 19.2. The largest absolute Gasteiger partial charge is 0.485 e. The molecule has 5 nitrogen and oxygen atoms in total. The molecule has 0 amide bonds. The van der Waals surface area contributed by atoms with E-state index in [1.165, 1.54) is 0 Å². The summed E-state index contributed by atoms with van der Waals surface area (Å²) >= 11 is 3.49. The summed E-state index contributed by atoms with van der Waals surface area (Å²) < 4.78 is 11.6. The highest BCUT2D eigenvalue weighted by atomic mass is 79.9. The predicted molar refractivity (Wildman–Crippen MR) is 106 cm³/mol. The second kappa shape index (κ2) is 8.77. The first kappa shape index (κ1) is 19.0. The van der Waals surface area contributed by atoms with E-state index in [1.807, 2.05) is 42.5 Å². The third-order valence-electron chi connectivity index (χ3n) is 3.89. The van der Waals surface area contributed by atoms with Crippen LogP contribution in [0, 0.1) is 0 Å². The van der Waals surface area contributed by atoms with Crippen molar-refractivity contribution < 1.29 is 19.1 Å². The van der Waals surface area contributed by atoms with Gasteiger partial charge in [0.25, 0.3) is 0 Å². The molecule has 2 aromatic carbocycles. The van der Waals surface area contributed by atoms with E-state index >= 15 is 0 Å². The molecule has 6 heteroatoms. The van der Waals surface area contributed by atoms with Gasteiger partial charge in [-0.2, -0.15) is 0 Å². The molecular weight excluding hydrogens is 410 g/mol. The Kier molecular flexibility index (Phi) is 6.19. The van der Waals surface area contributed by atoms with Crippen molar-refractivity contribution in [2.45, 2.75) is 20.0 Å². The van der Waals surface area contributed by atoms with Crippen LogP contribution in [0.1, 0.15) is 29.4 Å². The van der Waals surface area contributed by atoms with Gasteiger partial charge in [-0.05, 0) is 40.5 Å². The molecule has 0 atom stereocenters. The molecule has 0 saturated carbocycles. The van der Waals surface area contributed by atoms with Crippen LogP contribution in [0.3, 0.4) is 0 Å². The van der Waals surface area contributed by atoms with Gasteiger partial charge >= 0.3 is 5.97 Å². The standard InChI is InChI=1S/C21H18BrNO4/c1-2-26-19(25)12-18(24)17-11-9-15-8-10-16(22)21(20(15)23-17)27-13-14-6-4-3-5-7-14/h3-11H,2,12-13H2,1H3. The summed E-state index contributed by atoms with van der Waals surface area (Å²) in [4.78, 5) is 28.4. The Labute approximate surface area is 165 Å². The number of fused-ring (bicyclic) bond motifs is 1. The van der Waals surface area contributed by atoms with E-state index in [0.717, 1.165) is 15.4 Å².